The average molecular weight is 397 g/mol. The molecule has 2 N–H and O–H groups in total. The quantitative estimate of drug-likeness (QED) is 0.540. The molecule has 25 heavy (non-hydrogen) atoms. The molecule has 0 bridgehead atoms. The third-order valence-corrected chi connectivity index (χ3v) is 4.89. The molecule has 2 aromatic heterocycles. The Balaban J connectivity index is 1.36. The molecule has 5 nitrogen and oxygen atoms in total. The van der Waals surface area contributed by atoms with Crippen LogP contribution in [0.25, 0.3) is 21.9 Å². The van der Waals surface area contributed by atoms with E-state index in [1.165, 1.54) is 0 Å². The van der Waals surface area contributed by atoms with Gasteiger partial charge >= 0.3 is 0 Å². The van der Waals surface area contributed by atoms with Crippen LogP contribution in [0.1, 0.15) is 5.82 Å². The Morgan fingerprint density at radius 2 is 2.04 bits per heavy atom. The van der Waals surface area contributed by atoms with Gasteiger partial charge in [0.25, 0.3) is 0 Å². The summed E-state index contributed by atoms with van der Waals surface area (Å²) in [5.74, 6) is 0.880. The van der Waals surface area contributed by atoms with Crippen LogP contribution >= 0.6 is 15.9 Å². The predicted octanol–water partition coefficient (Wildman–Crippen LogP) is 3.64. The van der Waals surface area contributed by atoms with Crippen LogP contribution in [-0.2, 0) is 17.8 Å². The Morgan fingerprint density at radius 3 is 2.92 bits per heavy atom. The highest BCUT2D eigenvalue weighted by Crippen LogP contribution is 2.24. The number of nitrogens with zero attached hydrogens (tertiary/aromatic N) is 2. The molecule has 0 aliphatic heterocycles. The van der Waals surface area contributed by atoms with Crippen molar-refractivity contribution in [3.05, 3.63) is 65.0 Å². The monoisotopic (exact) mass is 396 g/mol. The van der Waals surface area contributed by atoms with Crippen molar-refractivity contribution < 1.29 is 4.79 Å². The van der Waals surface area contributed by atoms with Gasteiger partial charge in [0.05, 0.1) is 11.0 Å². The molecule has 0 saturated heterocycles. The first-order chi connectivity index (χ1) is 12.2. The molecule has 4 aromatic rings. The van der Waals surface area contributed by atoms with Gasteiger partial charge in [0.1, 0.15) is 12.4 Å². The molecular formula is C19H17BrN4O. The molecule has 0 radical (unpaired) electrons. The Hall–Kier alpha value is -2.60. The zero-order valence-corrected chi connectivity index (χ0v) is 15.1. The van der Waals surface area contributed by atoms with Gasteiger partial charge in [0.15, 0.2) is 0 Å². The fraction of sp³-hybridized carbons (Fsp3) is 0.158. The number of H-pyrrole nitrogens is 1. The van der Waals surface area contributed by atoms with Gasteiger partial charge in [0, 0.05) is 34.5 Å². The summed E-state index contributed by atoms with van der Waals surface area (Å²) in [6, 6.07) is 15.9. The molecule has 1 amide bonds. The van der Waals surface area contributed by atoms with Crippen LogP contribution in [0.5, 0.6) is 0 Å². The summed E-state index contributed by atoms with van der Waals surface area (Å²) in [6.07, 6.45) is 2.62. The highest BCUT2D eigenvalue weighted by molar-refractivity contribution is 9.10. The van der Waals surface area contributed by atoms with Crippen LogP contribution in [0.2, 0.25) is 0 Å². The second-order valence-electron chi connectivity index (χ2n) is 5.92. The molecule has 0 fully saturated rings. The van der Waals surface area contributed by atoms with Gasteiger partial charge in [0.2, 0.25) is 5.91 Å². The van der Waals surface area contributed by atoms with Crippen LogP contribution in [-0.4, -0.2) is 27.0 Å². The maximum Gasteiger partial charge on any atom is 0.239 e. The molecule has 0 aliphatic carbocycles. The Labute approximate surface area is 153 Å². The lowest BCUT2D eigenvalue weighted by Gasteiger charge is -2.07. The van der Waals surface area contributed by atoms with Gasteiger partial charge in [-0.3, -0.25) is 4.79 Å². The number of aromatic amines is 1. The number of amides is 1. The zero-order valence-electron chi connectivity index (χ0n) is 13.5. The SMILES string of the molecule is O=C(Cn1ccc2c(Br)cccc21)NCCc1nc2ccccc2[nH]1. The van der Waals surface area contributed by atoms with Crippen molar-refractivity contribution >= 4 is 43.8 Å². The molecule has 0 atom stereocenters. The fourth-order valence-electron chi connectivity index (χ4n) is 2.98. The Morgan fingerprint density at radius 1 is 1.16 bits per heavy atom. The van der Waals surface area contributed by atoms with Crippen molar-refractivity contribution in [2.24, 2.45) is 0 Å². The maximum absolute atomic E-state index is 12.2. The van der Waals surface area contributed by atoms with Crippen LogP contribution in [0, 0.1) is 0 Å². The third-order valence-electron chi connectivity index (χ3n) is 4.20. The van der Waals surface area contributed by atoms with Gasteiger partial charge in [-0.25, -0.2) is 4.98 Å². The lowest BCUT2D eigenvalue weighted by Crippen LogP contribution is -2.29. The number of rotatable bonds is 5. The first-order valence-electron chi connectivity index (χ1n) is 8.14. The van der Waals surface area contributed by atoms with E-state index < -0.39 is 0 Å². The van der Waals surface area contributed by atoms with Crippen LogP contribution in [0.3, 0.4) is 0 Å². The molecule has 0 aliphatic rings. The fourth-order valence-corrected chi connectivity index (χ4v) is 3.47. The zero-order chi connectivity index (χ0) is 17.2. The molecule has 2 heterocycles. The standard InChI is InChI=1S/C19H17BrN4O/c20-14-4-3-7-17-13(14)9-11-24(17)12-19(25)21-10-8-18-22-15-5-1-2-6-16(15)23-18/h1-7,9,11H,8,10,12H2,(H,21,25)(H,22,23). The van der Waals surface area contributed by atoms with E-state index in [-0.39, 0.29) is 5.91 Å². The number of nitrogens with one attached hydrogen (secondary N) is 2. The minimum atomic E-state index is -0.00594. The summed E-state index contributed by atoms with van der Waals surface area (Å²) in [4.78, 5) is 20.0. The highest BCUT2D eigenvalue weighted by Gasteiger charge is 2.08. The number of para-hydroxylation sites is 2. The van der Waals surface area contributed by atoms with Gasteiger partial charge < -0.3 is 14.9 Å². The number of aromatic nitrogens is 3. The minimum absolute atomic E-state index is 0.00594. The molecule has 4 rings (SSSR count). The third kappa shape index (κ3) is 3.30. The number of hydrogen-bond acceptors (Lipinski definition) is 2. The van der Waals surface area contributed by atoms with E-state index in [2.05, 4.69) is 31.2 Å². The number of carbonyl (C=O) groups excluding carboxylic acids is 1. The number of fused-ring (bicyclic) bond motifs is 2. The largest absolute Gasteiger partial charge is 0.354 e. The van der Waals surface area contributed by atoms with Crippen molar-refractivity contribution in [1.82, 2.24) is 19.9 Å². The average Bonchev–Trinajstić information content (AvgIpc) is 3.19. The summed E-state index contributed by atoms with van der Waals surface area (Å²) in [6.45, 7) is 0.863. The summed E-state index contributed by atoms with van der Waals surface area (Å²) in [7, 11) is 0. The lowest BCUT2D eigenvalue weighted by molar-refractivity contribution is -0.121. The van der Waals surface area contributed by atoms with E-state index in [9.17, 15) is 4.79 Å². The van der Waals surface area contributed by atoms with E-state index in [4.69, 9.17) is 0 Å². The molecule has 0 saturated carbocycles. The van der Waals surface area contributed by atoms with Crippen molar-refractivity contribution in [3.8, 4) is 0 Å². The predicted molar refractivity (Wildman–Crippen MR) is 102 cm³/mol. The summed E-state index contributed by atoms with van der Waals surface area (Å²) < 4.78 is 2.99. The molecule has 0 spiro atoms. The molecule has 2 aromatic carbocycles. The van der Waals surface area contributed by atoms with Crippen molar-refractivity contribution in [2.75, 3.05) is 6.54 Å². The van der Waals surface area contributed by atoms with Crippen LogP contribution < -0.4 is 5.32 Å². The Kier molecular flexibility index (Phi) is 4.28. The summed E-state index contributed by atoms with van der Waals surface area (Å²) >= 11 is 3.53. The van der Waals surface area contributed by atoms with Gasteiger partial charge in [-0.2, -0.15) is 0 Å². The molecule has 126 valence electrons. The van der Waals surface area contributed by atoms with Gasteiger partial charge in [-0.1, -0.05) is 34.1 Å². The normalized spacial score (nSPS) is 11.2. The Bertz CT molecular complexity index is 1020. The first-order valence-corrected chi connectivity index (χ1v) is 8.94. The maximum atomic E-state index is 12.2. The molecule has 0 unspecified atom stereocenters. The summed E-state index contributed by atoms with van der Waals surface area (Å²) in [5, 5.41) is 4.07. The first kappa shape index (κ1) is 15.9. The van der Waals surface area contributed by atoms with Crippen LogP contribution in [0.4, 0.5) is 0 Å². The summed E-state index contributed by atoms with van der Waals surface area (Å²) in [5.41, 5.74) is 3.02. The van der Waals surface area contributed by atoms with Crippen molar-refractivity contribution in [3.63, 3.8) is 0 Å². The topological polar surface area (TPSA) is 62.7 Å². The smallest absolute Gasteiger partial charge is 0.239 e. The second kappa shape index (κ2) is 6.72. The highest BCUT2D eigenvalue weighted by atomic mass is 79.9. The lowest BCUT2D eigenvalue weighted by atomic mass is 10.2. The second-order valence-corrected chi connectivity index (χ2v) is 6.77. The van der Waals surface area contributed by atoms with Crippen LogP contribution in [0.15, 0.2) is 59.2 Å². The molecule has 6 heteroatoms. The van der Waals surface area contributed by atoms with Crippen molar-refractivity contribution in [1.29, 1.82) is 0 Å². The van der Waals surface area contributed by atoms with E-state index in [0.717, 1.165) is 32.2 Å². The van der Waals surface area contributed by atoms with Crippen molar-refractivity contribution in [2.45, 2.75) is 13.0 Å². The number of benzene rings is 2. The van der Waals surface area contributed by atoms with E-state index in [1.54, 1.807) is 0 Å². The van der Waals surface area contributed by atoms with Gasteiger partial charge in [-0.05, 0) is 30.3 Å². The van der Waals surface area contributed by atoms with Gasteiger partial charge in [-0.15, -0.1) is 0 Å². The minimum Gasteiger partial charge on any atom is -0.354 e. The van der Waals surface area contributed by atoms with E-state index in [0.29, 0.717) is 19.5 Å². The number of hydrogen-bond donors (Lipinski definition) is 2. The number of carbonyl (C=O) groups is 1. The number of imidazole rings is 1. The number of halogens is 1. The molecular weight excluding hydrogens is 380 g/mol. The van der Waals surface area contributed by atoms with E-state index in [1.807, 2.05) is 59.3 Å². The van der Waals surface area contributed by atoms with E-state index >= 15 is 0 Å².